The van der Waals surface area contributed by atoms with E-state index >= 15 is 0 Å². The van der Waals surface area contributed by atoms with Crippen LogP contribution in [0.15, 0.2) is 176 Å². The van der Waals surface area contributed by atoms with Gasteiger partial charge in [-0.25, -0.2) is 0 Å². The maximum absolute atomic E-state index is 4.73. The predicted molar refractivity (Wildman–Crippen MR) is 204 cm³/mol. The Morgan fingerprint density at radius 1 is 0.480 bits per heavy atom. The summed E-state index contributed by atoms with van der Waals surface area (Å²) in [5, 5.41) is 14.0. The Balaban J connectivity index is 1.01. The summed E-state index contributed by atoms with van der Waals surface area (Å²) in [4.78, 5) is 9.42. The summed E-state index contributed by atoms with van der Waals surface area (Å²) in [7, 11) is 0. The van der Waals surface area contributed by atoms with E-state index in [4.69, 9.17) is 9.97 Å². The first-order valence-electron chi connectivity index (χ1n) is 17.4. The zero-order valence-electron chi connectivity index (χ0n) is 27.6. The van der Waals surface area contributed by atoms with E-state index in [0.29, 0.717) is 0 Å². The lowest BCUT2D eigenvalue weighted by atomic mass is 9.87. The van der Waals surface area contributed by atoms with Crippen molar-refractivity contribution in [2.45, 2.75) is 30.8 Å². The van der Waals surface area contributed by atoms with Gasteiger partial charge in [-0.1, -0.05) is 146 Å². The predicted octanol–water partition coefficient (Wildman–Crippen LogP) is 9.59. The van der Waals surface area contributed by atoms with E-state index in [1.165, 1.54) is 38.8 Å². The lowest BCUT2D eigenvalue weighted by Gasteiger charge is -2.40. The number of para-hydroxylation sites is 2. The normalized spacial score (nSPS) is 20.5. The second-order valence-electron chi connectivity index (χ2n) is 13.1. The number of allylic oxidation sites excluding steroid dienone is 2. The first-order valence-corrected chi connectivity index (χ1v) is 17.4. The molecule has 1 aliphatic carbocycles. The summed E-state index contributed by atoms with van der Waals surface area (Å²) in [6.45, 7) is 0. The van der Waals surface area contributed by atoms with Crippen LogP contribution in [0.2, 0.25) is 0 Å². The number of pyridine rings is 2. The van der Waals surface area contributed by atoms with Gasteiger partial charge in [0, 0.05) is 34.6 Å². The Hall–Kier alpha value is -5.72. The fourth-order valence-corrected chi connectivity index (χ4v) is 7.42. The van der Waals surface area contributed by atoms with Gasteiger partial charge in [0.25, 0.3) is 0 Å². The smallest absolute Gasteiger partial charge is 0.0864 e. The quantitative estimate of drug-likeness (QED) is 0.168. The molecule has 5 heteroatoms. The van der Waals surface area contributed by atoms with Crippen molar-refractivity contribution in [2.24, 2.45) is 0 Å². The van der Waals surface area contributed by atoms with Gasteiger partial charge in [0.15, 0.2) is 0 Å². The minimum atomic E-state index is -0.0750. The van der Waals surface area contributed by atoms with E-state index < -0.39 is 0 Å². The van der Waals surface area contributed by atoms with Gasteiger partial charge >= 0.3 is 0 Å². The van der Waals surface area contributed by atoms with Crippen LogP contribution < -0.4 is 16.0 Å². The van der Waals surface area contributed by atoms with Crippen molar-refractivity contribution in [3.63, 3.8) is 0 Å². The van der Waals surface area contributed by atoms with E-state index in [0.717, 1.165) is 34.0 Å². The molecule has 5 aromatic carbocycles. The minimum absolute atomic E-state index is 0.0511. The number of aromatic nitrogens is 2. The summed E-state index contributed by atoms with van der Waals surface area (Å²) < 4.78 is 0. The van der Waals surface area contributed by atoms with Crippen molar-refractivity contribution >= 4 is 21.8 Å². The SMILES string of the molecule is C1=CC(c2cccc3cccnc23)CC=C1C1NC(c2ccc(-c3ccccc3)cc2)NC(c2ccc(-c3cccc4cccnc34)cc2)N1. The third-order valence-corrected chi connectivity index (χ3v) is 10.1. The molecule has 3 heterocycles. The van der Waals surface area contributed by atoms with E-state index in [1.807, 2.05) is 24.5 Å². The molecule has 0 radical (unpaired) electrons. The number of hydrogen-bond donors (Lipinski definition) is 3. The monoisotopic (exact) mass is 647 g/mol. The number of benzene rings is 5. The molecule has 3 N–H and O–H groups in total. The Morgan fingerprint density at radius 2 is 1.06 bits per heavy atom. The molecule has 0 spiro atoms. The molecule has 1 aliphatic heterocycles. The first kappa shape index (κ1) is 30.3. The zero-order valence-corrected chi connectivity index (χ0v) is 27.6. The van der Waals surface area contributed by atoms with Crippen LogP contribution in [0.4, 0.5) is 0 Å². The standard InChI is InChI=1S/C45H37N5/c1-2-8-30(9-3-1)31-16-22-36(23-17-31)43-48-44(37-24-18-32(19-25-37)39-14-4-10-34-12-6-28-46-41(34)39)50-45(49-43)38-26-20-33(21-27-38)40-15-5-11-35-13-7-29-47-42(35)40/h1-20,22-29,33,43-45,48-50H,21H2. The summed E-state index contributed by atoms with van der Waals surface area (Å²) in [5.74, 6) is 0.285. The number of nitrogens with zero attached hydrogens (tertiary/aromatic N) is 2. The van der Waals surface area contributed by atoms with Crippen LogP contribution in [0.5, 0.6) is 0 Å². The topological polar surface area (TPSA) is 61.9 Å². The van der Waals surface area contributed by atoms with Crippen LogP contribution in [-0.2, 0) is 0 Å². The van der Waals surface area contributed by atoms with Gasteiger partial charge in [0.05, 0.1) is 29.5 Å². The van der Waals surface area contributed by atoms with Crippen molar-refractivity contribution in [1.29, 1.82) is 0 Å². The van der Waals surface area contributed by atoms with Gasteiger partial charge in [0.2, 0.25) is 0 Å². The molecule has 4 atom stereocenters. The van der Waals surface area contributed by atoms with Crippen molar-refractivity contribution in [3.05, 3.63) is 192 Å². The maximum atomic E-state index is 4.73. The molecule has 4 unspecified atom stereocenters. The molecular weight excluding hydrogens is 611 g/mol. The molecule has 0 saturated carbocycles. The highest BCUT2D eigenvalue weighted by molar-refractivity contribution is 5.93. The molecule has 50 heavy (non-hydrogen) atoms. The van der Waals surface area contributed by atoms with Crippen LogP contribution >= 0.6 is 0 Å². The highest BCUT2D eigenvalue weighted by Gasteiger charge is 2.31. The Kier molecular flexibility index (Phi) is 8.07. The Morgan fingerprint density at radius 3 is 1.74 bits per heavy atom. The molecule has 1 saturated heterocycles. The Bertz CT molecular complexity index is 2330. The van der Waals surface area contributed by atoms with Crippen LogP contribution in [0.3, 0.4) is 0 Å². The van der Waals surface area contributed by atoms with Crippen molar-refractivity contribution in [1.82, 2.24) is 25.9 Å². The molecule has 1 fully saturated rings. The third kappa shape index (κ3) is 5.92. The van der Waals surface area contributed by atoms with E-state index in [2.05, 4.69) is 162 Å². The number of rotatable bonds is 6. The molecule has 0 amide bonds. The average molecular weight is 648 g/mol. The molecule has 242 valence electrons. The van der Waals surface area contributed by atoms with Gasteiger partial charge < -0.3 is 0 Å². The highest BCUT2D eigenvalue weighted by Crippen LogP contribution is 2.34. The van der Waals surface area contributed by atoms with Gasteiger partial charge in [-0.05, 0) is 57.5 Å². The second kappa shape index (κ2) is 13.3. The molecule has 2 aromatic heterocycles. The van der Waals surface area contributed by atoms with E-state index in [-0.39, 0.29) is 24.4 Å². The summed E-state index contributed by atoms with van der Waals surface area (Å²) >= 11 is 0. The summed E-state index contributed by atoms with van der Waals surface area (Å²) in [5.41, 5.74) is 11.7. The number of hydrogen-bond acceptors (Lipinski definition) is 5. The fraction of sp³-hybridized carbons (Fsp3) is 0.111. The van der Waals surface area contributed by atoms with Crippen molar-refractivity contribution < 1.29 is 0 Å². The molecular formula is C45H37N5. The zero-order chi connectivity index (χ0) is 33.3. The lowest BCUT2D eigenvalue weighted by Crippen LogP contribution is -2.59. The third-order valence-electron chi connectivity index (χ3n) is 10.1. The number of nitrogens with one attached hydrogen (secondary N) is 3. The average Bonchev–Trinajstić information content (AvgIpc) is 3.21. The van der Waals surface area contributed by atoms with E-state index in [9.17, 15) is 0 Å². The van der Waals surface area contributed by atoms with Gasteiger partial charge in [0.1, 0.15) is 0 Å². The maximum Gasteiger partial charge on any atom is 0.0864 e. The fourth-order valence-electron chi connectivity index (χ4n) is 7.42. The lowest BCUT2D eigenvalue weighted by molar-refractivity contribution is 0.223. The largest absolute Gasteiger partial charge is 0.279 e. The minimum Gasteiger partial charge on any atom is -0.279 e. The van der Waals surface area contributed by atoms with Crippen LogP contribution in [0.1, 0.15) is 41.4 Å². The summed E-state index contributed by atoms with van der Waals surface area (Å²) in [6, 6.07) is 49.5. The summed E-state index contributed by atoms with van der Waals surface area (Å²) in [6.07, 6.45) is 11.5. The molecule has 0 bridgehead atoms. The van der Waals surface area contributed by atoms with Crippen molar-refractivity contribution in [2.75, 3.05) is 0 Å². The van der Waals surface area contributed by atoms with Crippen LogP contribution in [0, 0.1) is 0 Å². The molecule has 9 rings (SSSR count). The van der Waals surface area contributed by atoms with Crippen LogP contribution in [-0.4, -0.2) is 16.1 Å². The molecule has 5 nitrogen and oxygen atoms in total. The first-order chi connectivity index (χ1) is 24.8. The van der Waals surface area contributed by atoms with Gasteiger partial charge in [-0.15, -0.1) is 0 Å². The molecule has 7 aromatic rings. The second-order valence-corrected chi connectivity index (χ2v) is 13.1. The Labute approximate surface area is 292 Å². The van der Waals surface area contributed by atoms with Gasteiger partial charge in [-0.2, -0.15) is 0 Å². The van der Waals surface area contributed by atoms with Crippen molar-refractivity contribution in [3.8, 4) is 22.3 Å². The molecule has 2 aliphatic rings. The highest BCUT2D eigenvalue weighted by atomic mass is 15.4. The van der Waals surface area contributed by atoms with Gasteiger partial charge in [-0.3, -0.25) is 25.9 Å². The van der Waals surface area contributed by atoms with Crippen LogP contribution in [0.25, 0.3) is 44.1 Å². The number of fused-ring (bicyclic) bond motifs is 2. The van der Waals surface area contributed by atoms with E-state index in [1.54, 1.807) is 0 Å².